The van der Waals surface area contributed by atoms with Gasteiger partial charge in [-0.1, -0.05) is 32.0 Å². The molecule has 4 aromatic rings. The van der Waals surface area contributed by atoms with E-state index in [1.807, 2.05) is 13.8 Å². The molecule has 0 saturated carbocycles. The van der Waals surface area contributed by atoms with Gasteiger partial charge in [-0.3, -0.25) is 9.36 Å². The second-order valence-electron chi connectivity index (χ2n) is 9.06. The van der Waals surface area contributed by atoms with E-state index in [0.29, 0.717) is 29.8 Å². The van der Waals surface area contributed by atoms with E-state index in [1.54, 1.807) is 18.2 Å². The Kier molecular flexibility index (Phi) is 4.48. The summed E-state index contributed by atoms with van der Waals surface area (Å²) in [4.78, 5) is 22.5. The first-order valence-electron chi connectivity index (χ1n) is 10.5. The molecule has 6 nitrogen and oxygen atoms in total. The van der Waals surface area contributed by atoms with Gasteiger partial charge >= 0.3 is 0 Å². The summed E-state index contributed by atoms with van der Waals surface area (Å²) in [6, 6.07) is 6.39. The Balaban J connectivity index is 1.74. The average Bonchev–Trinajstić information content (AvgIpc) is 3.10. The highest BCUT2D eigenvalue weighted by Crippen LogP contribution is 2.39. The largest absolute Gasteiger partial charge is 0.430 e. The van der Waals surface area contributed by atoms with Crippen LogP contribution < -0.4 is 5.56 Å². The maximum Gasteiger partial charge on any atom is 0.297 e. The van der Waals surface area contributed by atoms with E-state index in [4.69, 9.17) is 14.1 Å². The standard InChI is InChI=1S/C24H24FN3O3/c1-13(2)19-16-11-30-24(3,4)9-15(16)18-20-21(31-22(18)27-19)23(29)28(12-26-20)10-14-7-5-6-8-17(14)25/h5-8,12-13H,9-11H2,1-4H3. The smallest absolute Gasteiger partial charge is 0.297 e. The monoisotopic (exact) mass is 421 g/mol. The molecule has 0 radical (unpaired) electrons. The van der Waals surface area contributed by atoms with E-state index in [-0.39, 0.29) is 35.0 Å². The maximum atomic E-state index is 14.1. The molecule has 0 atom stereocenters. The molecule has 1 aliphatic rings. The minimum absolute atomic E-state index is 0.0785. The minimum Gasteiger partial charge on any atom is -0.430 e. The molecule has 0 saturated heterocycles. The molecule has 1 aromatic carbocycles. The quantitative estimate of drug-likeness (QED) is 0.480. The summed E-state index contributed by atoms with van der Waals surface area (Å²) < 4.78 is 27.5. The fraction of sp³-hybridized carbons (Fsp3) is 0.375. The van der Waals surface area contributed by atoms with Crippen molar-refractivity contribution in [2.45, 2.75) is 58.8 Å². The lowest BCUT2D eigenvalue weighted by molar-refractivity contribution is -0.0402. The number of ether oxygens (including phenoxy) is 1. The average molecular weight is 421 g/mol. The number of rotatable bonds is 3. The van der Waals surface area contributed by atoms with Crippen LogP contribution in [0.15, 0.2) is 39.8 Å². The van der Waals surface area contributed by atoms with E-state index in [1.165, 1.54) is 17.0 Å². The topological polar surface area (TPSA) is 70.2 Å². The van der Waals surface area contributed by atoms with Crippen LogP contribution in [0, 0.1) is 5.82 Å². The second-order valence-corrected chi connectivity index (χ2v) is 9.06. The first kappa shape index (κ1) is 19.9. The number of fused-ring (bicyclic) bond motifs is 5. The molecule has 0 N–H and O–H groups in total. The van der Waals surface area contributed by atoms with Gasteiger partial charge in [0, 0.05) is 17.5 Å². The van der Waals surface area contributed by atoms with E-state index in [0.717, 1.165) is 22.2 Å². The number of halogens is 1. The molecule has 160 valence electrons. The van der Waals surface area contributed by atoms with Crippen LogP contribution in [-0.4, -0.2) is 20.1 Å². The van der Waals surface area contributed by atoms with E-state index < -0.39 is 0 Å². The summed E-state index contributed by atoms with van der Waals surface area (Å²) in [6.45, 7) is 8.81. The summed E-state index contributed by atoms with van der Waals surface area (Å²) in [7, 11) is 0. The van der Waals surface area contributed by atoms with Gasteiger partial charge in [0.25, 0.3) is 5.56 Å². The molecule has 5 rings (SSSR count). The molecule has 0 fully saturated rings. The van der Waals surface area contributed by atoms with Gasteiger partial charge in [0.2, 0.25) is 11.3 Å². The van der Waals surface area contributed by atoms with Crippen molar-refractivity contribution in [1.29, 1.82) is 0 Å². The van der Waals surface area contributed by atoms with Gasteiger partial charge in [0.15, 0.2) is 0 Å². The number of aromatic nitrogens is 3. The van der Waals surface area contributed by atoms with Crippen LogP contribution in [0.3, 0.4) is 0 Å². The Hall–Kier alpha value is -3.06. The lowest BCUT2D eigenvalue weighted by Crippen LogP contribution is -2.33. The molecule has 0 amide bonds. The number of benzene rings is 1. The van der Waals surface area contributed by atoms with Crippen molar-refractivity contribution in [3.05, 3.63) is 69.1 Å². The van der Waals surface area contributed by atoms with Gasteiger partial charge in [-0.05, 0) is 31.4 Å². The van der Waals surface area contributed by atoms with Gasteiger partial charge in [0.05, 0.1) is 36.2 Å². The fourth-order valence-electron chi connectivity index (χ4n) is 4.32. The van der Waals surface area contributed by atoms with Gasteiger partial charge in [-0.25, -0.2) is 14.4 Å². The van der Waals surface area contributed by atoms with E-state index in [2.05, 4.69) is 18.8 Å². The molecule has 1 aliphatic heterocycles. The molecular formula is C24H24FN3O3. The summed E-state index contributed by atoms with van der Waals surface area (Å²) >= 11 is 0. The van der Waals surface area contributed by atoms with Crippen LogP contribution >= 0.6 is 0 Å². The van der Waals surface area contributed by atoms with Gasteiger partial charge in [-0.15, -0.1) is 0 Å². The lowest BCUT2D eigenvalue weighted by atomic mass is 9.87. The molecule has 0 aliphatic carbocycles. The van der Waals surface area contributed by atoms with Crippen LogP contribution in [0.5, 0.6) is 0 Å². The van der Waals surface area contributed by atoms with Crippen molar-refractivity contribution in [2.24, 2.45) is 0 Å². The molecule has 3 aromatic heterocycles. The second kappa shape index (κ2) is 6.99. The summed E-state index contributed by atoms with van der Waals surface area (Å²) in [6.07, 6.45) is 2.13. The first-order chi connectivity index (χ1) is 14.7. The third kappa shape index (κ3) is 3.24. The van der Waals surface area contributed by atoms with Crippen molar-refractivity contribution in [1.82, 2.24) is 14.5 Å². The number of hydrogen-bond acceptors (Lipinski definition) is 5. The van der Waals surface area contributed by atoms with Crippen molar-refractivity contribution < 1.29 is 13.5 Å². The fourth-order valence-corrected chi connectivity index (χ4v) is 4.32. The van der Waals surface area contributed by atoms with E-state index >= 15 is 0 Å². The maximum absolute atomic E-state index is 14.1. The lowest BCUT2D eigenvalue weighted by Gasteiger charge is -2.33. The molecule has 31 heavy (non-hydrogen) atoms. The summed E-state index contributed by atoms with van der Waals surface area (Å²) in [5.41, 5.74) is 3.86. The van der Waals surface area contributed by atoms with Crippen LogP contribution in [0.25, 0.3) is 22.2 Å². The van der Waals surface area contributed by atoms with E-state index in [9.17, 15) is 9.18 Å². The zero-order valence-corrected chi connectivity index (χ0v) is 18.0. The number of nitrogens with zero attached hydrogens (tertiary/aromatic N) is 3. The van der Waals surface area contributed by atoms with Gasteiger partial charge in [0.1, 0.15) is 11.3 Å². The van der Waals surface area contributed by atoms with Gasteiger partial charge in [-0.2, -0.15) is 0 Å². The van der Waals surface area contributed by atoms with Crippen LogP contribution in [0.4, 0.5) is 4.39 Å². The van der Waals surface area contributed by atoms with Crippen LogP contribution in [0.2, 0.25) is 0 Å². The number of furan rings is 1. The van der Waals surface area contributed by atoms with Crippen LogP contribution in [0.1, 0.15) is 56.0 Å². The Bertz CT molecular complexity index is 1380. The SMILES string of the molecule is CC(C)c1nc2oc3c(=O)n(Cc4ccccc4F)cnc3c2c2c1COC(C)(C)C2. The Morgan fingerprint density at radius 2 is 2.00 bits per heavy atom. The number of hydrogen-bond donors (Lipinski definition) is 0. The molecule has 0 unspecified atom stereocenters. The predicted octanol–water partition coefficient (Wildman–Crippen LogP) is 4.70. The van der Waals surface area contributed by atoms with Crippen molar-refractivity contribution in [2.75, 3.05) is 0 Å². The van der Waals surface area contributed by atoms with Crippen molar-refractivity contribution in [3.63, 3.8) is 0 Å². The predicted molar refractivity (Wildman–Crippen MR) is 116 cm³/mol. The third-order valence-corrected chi connectivity index (χ3v) is 5.90. The zero-order valence-electron chi connectivity index (χ0n) is 18.0. The molecule has 4 heterocycles. The molecule has 0 bridgehead atoms. The normalized spacial score (nSPS) is 15.7. The van der Waals surface area contributed by atoms with Gasteiger partial charge < -0.3 is 9.15 Å². The Morgan fingerprint density at radius 1 is 1.23 bits per heavy atom. The zero-order chi connectivity index (χ0) is 21.9. The highest BCUT2D eigenvalue weighted by atomic mass is 19.1. The Labute approximate surface area is 178 Å². The molecule has 0 spiro atoms. The highest BCUT2D eigenvalue weighted by Gasteiger charge is 2.33. The first-order valence-corrected chi connectivity index (χ1v) is 10.5. The number of pyridine rings is 1. The van der Waals surface area contributed by atoms with Crippen LogP contribution in [-0.2, 0) is 24.3 Å². The molecule has 7 heteroatoms. The third-order valence-electron chi connectivity index (χ3n) is 5.90. The minimum atomic E-state index is -0.362. The summed E-state index contributed by atoms with van der Waals surface area (Å²) in [5, 5.41) is 0.779. The Morgan fingerprint density at radius 3 is 2.74 bits per heavy atom. The van der Waals surface area contributed by atoms with Crippen molar-refractivity contribution >= 4 is 22.2 Å². The van der Waals surface area contributed by atoms with Crippen molar-refractivity contribution in [3.8, 4) is 0 Å². The molecular weight excluding hydrogens is 397 g/mol. The summed E-state index contributed by atoms with van der Waals surface area (Å²) in [5.74, 6) is -0.180. The highest BCUT2D eigenvalue weighted by molar-refractivity contribution is 6.03.